The lowest BCUT2D eigenvalue weighted by Gasteiger charge is -2.12. The molecule has 7 heteroatoms. The molecule has 0 saturated heterocycles. The zero-order chi connectivity index (χ0) is 19.5. The van der Waals surface area contributed by atoms with Gasteiger partial charge in [-0.3, -0.25) is 9.78 Å². The minimum absolute atomic E-state index is 0.315. The Kier molecular flexibility index (Phi) is 4.63. The summed E-state index contributed by atoms with van der Waals surface area (Å²) >= 11 is 0. The minimum atomic E-state index is -0.315. The number of benzene rings is 2. The maximum atomic E-state index is 12.9. The summed E-state index contributed by atoms with van der Waals surface area (Å²) in [7, 11) is 3.06. The molecule has 0 atom stereocenters. The van der Waals surface area contributed by atoms with Gasteiger partial charge in [-0.05, 0) is 30.3 Å². The second-order valence-electron chi connectivity index (χ2n) is 5.93. The average Bonchev–Trinajstić information content (AvgIpc) is 3.17. The number of carbonyl (C=O) groups excluding carboxylic acids is 1. The fourth-order valence-electron chi connectivity index (χ4n) is 2.85. The highest BCUT2D eigenvalue weighted by Gasteiger charge is 2.17. The molecule has 4 aromatic rings. The van der Waals surface area contributed by atoms with E-state index >= 15 is 0 Å². The van der Waals surface area contributed by atoms with Gasteiger partial charge in [-0.2, -0.15) is 0 Å². The molecule has 7 nitrogen and oxygen atoms in total. The number of pyridine rings is 1. The molecular weight excluding hydrogens is 358 g/mol. The summed E-state index contributed by atoms with van der Waals surface area (Å²) in [5.41, 5.74) is 2.91. The Labute approximate surface area is 160 Å². The summed E-state index contributed by atoms with van der Waals surface area (Å²) in [6.45, 7) is 0. The third kappa shape index (κ3) is 3.25. The molecule has 28 heavy (non-hydrogen) atoms. The van der Waals surface area contributed by atoms with Crippen molar-refractivity contribution in [2.24, 2.45) is 0 Å². The standard InChI is InChI=1S/C21H17N3O4/c1-26-13-7-8-15(18(11-13)27-2)20(25)23-16-6-4-3-5-14(16)21-24-17-9-10-22-12-19(17)28-21/h3-12H,1-2H3,(H,23,25). The van der Waals surface area contributed by atoms with Crippen LogP contribution in [0.5, 0.6) is 11.5 Å². The number of ether oxygens (including phenoxy) is 2. The predicted molar refractivity (Wildman–Crippen MR) is 105 cm³/mol. The van der Waals surface area contributed by atoms with Gasteiger partial charge in [-0.1, -0.05) is 12.1 Å². The van der Waals surface area contributed by atoms with Crippen LogP contribution in [0.1, 0.15) is 10.4 Å². The van der Waals surface area contributed by atoms with Gasteiger partial charge < -0.3 is 19.2 Å². The van der Waals surface area contributed by atoms with E-state index in [1.165, 1.54) is 7.11 Å². The highest BCUT2D eigenvalue weighted by atomic mass is 16.5. The zero-order valence-electron chi connectivity index (χ0n) is 15.3. The molecule has 0 unspecified atom stereocenters. The van der Waals surface area contributed by atoms with Crippen molar-refractivity contribution >= 4 is 22.7 Å². The van der Waals surface area contributed by atoms with Crippen LogP contribution >= 0.6 is 0 Å². The number of rotatable bonds is 5. The Morgan fingerprint density at radius 2 is 1.93 bits per heavy atom. The summed E-state index contributed by atoms with van der Waals surface area (Å²) < 4.78 is 16.3. The number of methoxy groups -OCH3 is 2. The molecule has 2 aromatic carbocycles. The lowest BCUT2D eigenvalue weighted by molar-refractivity contribution is 0.102. The van der Waals surface area contributed by atoms with Gasteiger partial charge in [-0.25, -0.2) is 4.98 Å². The van der Waals surface area contributed by atoms with Gasteiger partial charge in [0, 0.05) is 12.3 Å². The molecule has 0 saturated carbocycles. The summed E-state index contributed by atoms with van der Waals surface area (Å²) in [5.74, 6) is 1.11. The molecule has 2 heterocycles. The van der Waals surface area contributed by atoms with Crippen molar-refractivity contribution in [3.05, 3.63) is 66.5 Å². The first kappa shape index (κ1) is 17.5. The first-order chi connectivity index (χ1) is 13.7. The van der Waals surface area contributed by atoms with Crippen molar-refractivity contribution in [2.45, 2.75) is 0 Å². The smallest absolute Gasteiger partial charge is 0.259 e. The molecule has 2 aromatic heterocycles. The number of aromatic nitrogens is 2. The van der Waals surface area contributed by atoms with Crippen LogP contribution in [0.25, 0.3) is 22.6 Å². The number of hydrogen-bond acceptors (Lipinski definition) is 6. The van der Waals surface area contributed by atoms with Gasteiger partial charge in [0.15, 0.2) is 5.58 Å². The Bertz CT molecular complexity index is 1120. The van der Waals surface area contributed by atoms with Crippen molar-refractivity contribution in [1.82, 2.24) is 9.97 Å². The molecule has 0 aliphatic rings. The molecule has 4 rings (SSSR count). The second-order valence-corrected chi connectivity index (χ2v) is 5.93. The Morgan fingerprint density at radius 1 is 1.07 bits per heavy atom. The molecule has 1 N–H and O–H groups in total. The lowest BCUT2D eigenvalue weighted by atomic mass is 10.1. The first-order valence-electron chi connectivity index (χ1n) is 8.53. The Balaban J connectivity index is 1.69. The maximum absolute atomic E-state index is 12.9. The summed E-state index contributed by atoms with van der Waals surface area (Å²) in [6, 6.07) is 14.1. The molecule has 140 valence electrons. The van der Waals surface area contributed by atoms with Gasteiger partial charge in [-0.15, -0.1) is 0 Å². The fourth-order valence-corrected chi connectivity index (χ4v) is 2.85. The van der Waals surface area contributed by atoms with Gasteiger partial charge in [0.1, 0.15) is 17.0 Å². The topological polar surface area (TPSA) is 86.5 Å². The van der Waals surface area contributed by atoms with Crippen molar-refractivity contribution in [3.63, 3.8) is 0 Å². The van der Waals surface area contributed by atoms with E-state index in [0.717, 1.165) is 0 Å². The van der Waals surface area contributed by atoms with E-state index in [-0.39, 0.29) is 5.91 Å². The number of para-hydroxylation sites is 1. The number of carbonyl (C=O) groups is 1. The largest absolute Gasteiger partial charge is 0.497 e. The number of amides is 1. The summed E-state index contributed by atoms with van der Waals surface area (Å²) in [5, 5.41) is 2.91. The number of hydrogen-bond donors (Lipinski definition) is 1. The summed E-state index contributed by atoms with van der Waals surface area (Å²) in [4.78, 5) is 21.4. The number of nitrogens with zero attached hydrogens (tertiary/aromatic N) is 2. The van der Waals surface area contributed by atoms with Crippen molar-refractivity contribution < 1.29 is 18.7 Å². The van der Waals surface area contributed by atoms with Crippen LogP contribution in [-0.2, 0) is 0 Å². The normalized spacial score (nSPS) is 10.6. The monoisotopic (exact) mass is 375 g/mol. The van der Waals surface area contributed by atoms with Gasteiger partial charge in [0.05, 0.1) is 37.2 Å². The van der Waals surface area contributed by atoms with Crippen molar-refractivity contribution in [3.8, 4) is 23.0 Å². The predicted octanol–water partition coefficient (Wildman–Crippen LogP) is 4.16. The average molecular weight is 375 g/mol. The van der Waals surface area contributed by atoms with E-state index in [9.17, 15) is 4.79 Å². The van der Waals surface area contributed by atoms with Crippen LogP contribution in [0.3, 0.4) is 0 Å². The van der Waals surface area contributed by atoms with E-state index in [2.05, 4.69) is 15.3 Å². The molecule has 0 aliphatic carbocycles. The maximum Gasteiger partial charge on any atom is 0.259 e. The van der Waals surface area contributed by atoms with Crippen molar-refractivity contribution in [2.75, 3.05) is 19.5 Å². The van der Waals surface area contributed by atoms with Crippen LogP contribution in [-0.4, -0.2) is 30.1 Å². The van der Waals surface area contributed by atoms with Gasteiger partial charge in [0.2, 0.25) is 5.89 Å². The lowest BCUT2D eigenvalue weighted by Crippen LogP contribution is -2.14. The fraction of sp³-hybridized carbons (Fsp3) is 0.0952. The second kappa shape index (κ2) is 7.40. The Hall–Kier alpha value is -3.87. The number of fused-ring (bicyclic) bond motifs is 1. The molecule has 0 aliphatic heterocycles. The number of oxazole rings is 1. The van der Waals surface area contributed by atoms with Crippen molar-refractivity contribution in [1.29, 1.82) is 0 Å². The molecule has 1 amide bonds. The van der Waals surface area contributed by atoms with E-state index in [4.69, 9.17) is 13.9 Å². The number of nitrogens with one attached hydrogen (secondary N) is 1. The number of anilines is 1. The SMILES string of the molecule is COc1ccc(C(=O)Nc2ccccc2-c2nc3ccncc3o2)c(OC)c1. The zero-order valence-corrected chi connectivity index (χ0v) is 15.3. The van der Waals surface area contributed by atoms with E-state index in [1.54, 1.807) is 49.8 Å². The summed E-state index contributed by atoms with van der Waals surface area (Å²) in [6.07, 6.45) is 3.26. The minimum Gasteiger partial charge on any atom is -0.497 e. The first-order valence-corrected chi connectivity index (χ1v) is 8.53. The molecule has 0 radical (unpaired) electrons. The van der Waals surface area contributed by atoms with Crippen LogP contribution in [0, 0.1) is 0 Å². The van der Waals surface area contributed by atoms with Crippen LogP contribution in [0.4, 0.5) is 5.69 Å². The third-order valence-electron chi connectivity index (χ3n) is 4.25. The molecule has 0 spiro atoms. The highest BCUT2D eigenvalue weighted by Crippen LogP contribution is 2.31. The van der Waals surface area contributed by atoms with E-state index < -0.39 is 0 Å². The molecule has 0 fully saturated rings. The van der Waals surface area contributed by atoms with Crippen LogP contribution in [0.2, 0.25) is 0 Å². The highest BCUT2D eigenvalue weighted by molar-refractivity contribution is 6.08. The van der Waals surface area contributed by atoms with Crippen LogP contribution < -0.4 is 14.8 Å². The third-order valence-corrected chi connectivity index (χ3v) is 4.25. The van der Waals surface area contributed by atoms with Crippen LogP contribution in [0.15, 0.2) is 65.3 Å². The Morgan fingerprint density at radius 3 is 2.71 bits per heavy atom. The van der Waals surface area contributed by atoms with Gasteiger partial charge in [0.25, 0.3) is 5.91 Å². The van der Waals surface area contributed by atoms with Gasteiger partial charge >= 0.3 is 0 Å². The van der Waals surface area contributed by atoms with E-state index in [1.807, 2.05) is 18.2 Å². The molecule has 0 bridgehead atoms. The van der Waals surface area contributed by atoms with E-state index in [0.29, 0.717) is 45.3 Å². The quantitative estimate of drug-likeness (QED) is 0.564. The molecular formula is C21H17N3O4.